The maximum Gasteiger partial charge on any atom is 0.228 e. The summed E-state index contributed by atoms with van der Waals surface area (Å²) in [5, 5.41) is 8.03. The van der Waals surface area contributed by atoms with Crippen molar-refractivity contribution in [3.63, 3.8) is 0 Å². The topological polar surface area (TPSA) is 73.4 Å². The maximum atomic E-state index is 10.8. The molecule has 0 spiro atoms. The van der Waals surface area contributed by atoms with E-state index in [0.29, 0.717) is 59.7 Å². The second-order valence-corrected chi connectivity index (χ2v) is 8.64. The van der Waals surface area contributed by atoms with Crippen molar-refractivity contribution >= 4 is 53.0 Å². The van der Waals surface area contributed by atoms with E-state index in [4.69, 9.17) is 34.8 Å². The van der Waals surface area contributed by atoms with Crippen LogP contribution >= 0.6 is 34.8 Å². The van der Waals surface area contributed by atoms with Gasteiger partial charge in [0.25, 0.3) is 0 Å². The summed E-state index contributed by atoms with van der Waals surface area (Å²) in [6.07, 6.45) is 5.08. The summed E-state index contributed by atoms with van der Waals surface area (Å²) in [5.41, 5.74) is 0.905. The molecule has 2 saturated heterocycles. The zero-order valence-electron chi connectivity index (χ0n) is 17.3. The second-order valence-electron chi connectivity index (χ2n) is 7.40. The fourth-order valence-corrected chi connectivity index (χ4v) is 3.97. The Kier molecular flexibility index (Phi) is 9.46. The van der Waals surface area contributed by atoms with Crippen molar-refractivity contribution in [1.29, 1.82) is 0 Å². The van der Waals surface area contributed by atoms with Crippen LogP contribution in [0.4, 0.5) is 11.8 Å². The van der Waals surface area contributed by atoms with Gasteiger partial charge < -0.3 is 20.4 Å². The molecule has 0 atom stereocenters. The van der Waals surface area contributed by atoms with Crippen LogP contribution in [0.25, 0.3) is 0 Å². The number of piperazine rings is 1. The van der Waals surface area contributed by atoms with Gasteiger partial charge in [0.15, 0.2) is 0 Å². The Balaban J connectivity index is 0.000000391. The highest BCUT2D eigenvalue weighted by Crippen LogP contribution is 2.23. The number of benzene rings is 1. The van der Waals surface area contributed by atoms with E-state index in [0.717, 1.165) is 12.0 Å². The summed E-state index contributed by atoms with van der Waals surface area (Å²) >= 11 is 18.2. The molecule has 4 rings (SSSR count). The van der Waals surface area contributed by atoms with Crippen LogP contribution in [0, 0.1) is 0 Å². The van der Waals surface area contributed by atoms with E-state index in [1.807, 2.05) is 11.0 Å². The SMILES string of the molecule is C1CCNCC1.O=CN1CCN(c2nc(Cl)cc(NCc3ccc(Cl)cc3Cl)n2)CC1. The molecule has 1 aromatic carbocycles. The van der Waals surface area contributed by atoms with Crippen LogP contribution in [-0.2, 0) is 11.3 Å². The number of nitrogens with zero attached hydrogens (tertiary/aromatic N) is 4. The Hall–Kier alpha value is -1.80. The molecule has 0 bridgehead atoms. The van der Waals surface area contributed by atoms with E-state index in [-0.39, 0.29) is 0 Å². The minimum absolute atomic E-state index is 0.354. The fourth-order valence-electron chi connectivity index (χ4n) is 3.32. The van der Waals surface area contributed by atoms with Gasteiger partial charge in [-0.05, 0) is 43.6 Å². The molecule has 0 unspecified atom stereocenters. The second kappa shape index (κ2) is 12.3. The number of carbonyl (C=O) groups is 1. The van der Waals surface area contributed by atoms with Crippen LogP contribution in [0.3, 0.4) is 0 Å². The van der Waals surface area contributed by atoms with Gasteiger partial charge in [-0.15, -0.1) is 0 Å². The number of amides is 1. The van der Waals surface area contributed by atoms with Gasteiger partial charge >= 0.3 is 0 Å². The molecule has 7 nitrogen and oxygen atoms in total. The Morgan fingerprint density at radius 2 is 1.74 bits per heavy atom. The van der Waals surface area contributed by atoms with Crippen molar-refractivity contribution in [3.8, 4) is 0 Å². The summed E-state index contributed by atoms with van der Waals surface area (Å²) in [5.74, 6) is 1.15. The number of piperidine rings is 1. The third kappa shape index (κ3) is 7.68. The van der Waals surface area contributed by atoms with E-state index in [1.54, 1.807) is 23.1 Å². The molecule has 2 fully saturated rings. The molecule has 2 aliphatic heterocycles. The maximum absolute atomic E-state index is 10.8. The minimum Gasteiger partial charge on any atom is -0.366 e. The molecule has 2 aromatic rings. The van der Waals surface area contributed by atoms with Gasteiger partial charge in [0.1, 0.15) is 11.0 Å². The van der Waals surface area contributed by atoms with Gasteiger partial charge in [-0.2, -0.15) is 4.98 Å². The summed E-state index contributed by atoms with van der Waals surface area (Å²) < 4.78 is 0. The molecule has 168 valence electrons. The fraction of sp³-hybridized carbons (Fsp3) is 0.476. The van der Waals surface area contributed by atoms with Crippen molar-refractivity contribution in [2.24, 2.45) is 0 Å². The number of aromatic nitrogens is 2. The lowest BCUT2D eigenvalue weighted by molar-refractivity contribution is -0.118. The van der Waals surface area contributed by atoms with Crippen molar-refractivity contribution in [1.82, 2.24) is 20.2 Å². The number of carbonyl (C=O) groups excluding carboxylic acids is 1. The van der Waals surface area contributed by atoms with Gasteiger partial charge in [0.2, 0.25) is 12.4 Å². The van der Waals surface area contributed by atoms with Crippen molar-refractivity contribution in [2.45, 2.75) is 25.8 Å². The first kappa shape index (κ1) is 23.9. The van der Waals surface area contributed by atoms with E-state index in [2.05, 4.69) is 20.6 Å². The Morgan fingerprint density at radius 1 is 1.00 bits per heavy atom. The highest BCUT2D eigenvalue weighted by Gasteiger charge is 2.18. The minimum atomic E-state index is 0.354. The number of nitrogens with one attached hydrogen (secondary N) is 2. The van der Waals surface area contributed by atoms with Gasteiger partial charge in [0.05, 0.1) is 0 Å². The summed E-state index contributed by atoms with van der Waals surface area (Å²) in [4.78, 5) is 23.3. The average molecular weight is 486 g/mol. The van der Waals surface area contributed by atoms with Crippen LogP contribution in [0.15, 0.2) is 24.3 Å². The normalized spacial score (nSPS) is 16.4. The lowest BCUT2D eigenvalue weighted by Gasteiger charge is -2.32. The van der Waals surface area contributed by atoms with Crippen molar-refractivity contribution < 1.29 is 4.79 Å². The smallest absolute Gasteiger partial charge is 0.228 e. The third-order valence-electron chi connectivity index (χ3n) is 5.11. The van der Waals surface area contributed by atoms with Crippen LogP contribution in [-0.4, -0.2) is 60.5 Å². The Bertz CT molecular complexity index is 845. The van der Waals surface area contributed by atoms with Crippen molar-refractivity contribution in [2.75, 3.05) is 49.5 Å². The molecule has 0 aliphatic carbocycles. The first-order valence-electron chi connectivity index (χ1n) is 10.4. The zero-order chi connectivity index (χ0) is 22.1. The van der Waals surface area contributed by atoms with E-state index in [1.165, 1.54) is 32.4 Å². The summed E-state index contributed by atoms with van der Waals surface area (Å²) in [7, 11) is 0. The number of hydrogen-bond donors (Lipinski definition) is 2. The monoisotopic (exact) mass is 484 g/mol. The summed E-state index contributed by atoms with van der Waals surface area (Å²) in [6.45, 7) is 5.61. The highest BCUT2D eigenvalue weighted by atomic mass is 35.5. The number of hydrogen-bond acceptors (Lipinski definition) is 6. The Morgan fingerprint density at radius 3 is 2.32 bits per heavy atom. The van der Waals surface area contributed by atoms with Gasteiger partial charge in [0, 0.05) is 48.8 Å². The molecule has 31 heavy (non-hydrogen) atoms. The first-order valence-corrected chi connectivity index (χ1v) is 11.6. The van der Waals surface area contributed by atoms with E-state index < -0.39 is 0 Å². The molecule has 1 amide bonds. The molecular weight excluding hydrogens is 459 g/mol. The molecule has 1 aromatic heterocycles. The lowest BCUT2D eigenvalue weighted by atomic mass is 10.2. The molecule has 10 heteroatoms. The quantitative estimate of drug-likeness (QED) is 0.491. The van der Waals surface area contributed by atoms with Crippen LogP contribution in [0.1, 0.15) is 24.8 Å². The predicted octanol–water partition coefficient (Wildman–Crippen LogP) is 4.09. The highest BCUT2D eigenvalue weighted by molar-refractivity contribution is 6.35. The molecule has 0 saturated carbocycles. The average Bonchev–Trinajstić information content (AvgIpc) is 2.80. The largest absolute Gasteiger partial charge is 0.366 e. The van der Waals surface area contributed by atoms with Gasteiger partial charge in [-0.25, -0.2) is 4.98 Å². The van der Waals surface area contributed by atoms with Crippen LogP contribution in [0.5, 0.6) is 0 Å². The van der Waals surface area contributed by atoms with E-state index >= 15 is 0 Å². The van der Waals surface area contributed by atoms with Crippen molar-refractivity contribution in [3.05, 3.63) is 45.0 Å². The van der Waals surface area contributed by atoms with Gasteiger partial charge in [-0.1, -0.05) is 47.3 Å². The third-order valence-corrected chi connectivity index (χ3v) is 5.89. The molecule has 0 radical (unpaired) electrons. The number of anilines is 2. The number of rotatable bonds is 5. The number of halogens is 3. The molecule has 3 heterocycles. The molecule has 2 N–H and O–H groups in total. The predicted molar refractivity (Wildman–Crippen MR) is 127 cm³/mol. The van der Waals surface area contributed by atoms with Crippen LogP contribution < -0.4 is 15.5 Å². The van der Waals surface area contributed by atoms with Crippen LogP contribution in [0.2, 0.25) is 15.2 Å². The van der Waals surface area contributed by atoms with Gasteiger partial charge in [-0.3, -0.25) is 4.79 Å². The summed E-state index contributed by atoms with van der Waals surface area (Å²) in [6, 6.07) is 7.01. The van der Waals surface area contributed by atoms with E-state index in [9.17, 15) is 4.79 Å². The first-order chi connectivity index (χ1) is 15.0. The molecule has 2 aliphatic rings. The standard InChI is InChI=1S/C16H16Cl3N5O.C5H11N/c17-12-2-1-11(13(18)7-12)9-20-15-8-14(19)21-16(22-15)24-5-3-23(10-25)4-6-24;1-2-4-6-5-3-1/h1-2,7-8,10H,3-6,9H2,(H,20,21,22);6H,1-5H2. The Labute approximate surface area is 198 Å². The lowest BCUT2D eigenvalue weighted by Crippen LogP contribution is -2.46. The zero-order valence-corrected chi connectivity index (χ0v) is 19.6. The molecular formula is C21H27Cl3N6O.